The first-order chi connectivity index (χ1) is 7.22. The number of nitrogen functional groups attached to an aromatic ring is 1. The van der Waals surface area contributed by atoms with E-state index in [-0.39, 0.29) is 5.75 Å². The van der Waals surface area contributed by atoms with Crippen LogP contribution in [0.5, 0.6) is 5.75 Å². The fourth-order valence-electron chi connectivity index (χ4n) is 1.32. The molecule has 0 amide bonds. The highest BCUT2D eigenvalue weighted by molar-refractivity contribution is 5.72. The van der Waals surface area contributed by atoms with Crippen molar-refractivity contribution in [2.45, 2.75) is 13.3 Å². The Morgan fingerprint density at radius 2 is 2.27 bits per heavy atom. The van der Waals surface area contributed by atoms with Crippen molar-refractivity contribution < 1.29 is 5.11 Å². The van der Waals surface area contributed by atoms with Crippen LogP contribution >= 0.6 is 0 Å². The summed E-state index contributed by atoms with van der Waals surface area (Å²) in [5, 5.41) is 16.5. The van der Waals surface area contributed by atoms with Gasteiger partial charge in [0.05, 0.1) is 11.3 Å². The maximum atomic E-state index is 9.71. The van der Waals surface area contributed by atoms with Gasteiger partial charge in [0.2, 0.25) is 0 Å². The topological polar surface area (TPSA) is 87.8 Å². The zero-order valence-corrected chi connectivity index (χ0v) is 8.36. The van der Waals surface area contributed by atoms with Crippen LogP contribution in [0.25, 0.3) is 11.4 Å². The molecule has 1 aromatic heterocycles. The minimum absolute atomic E-state index is 0.0270. The number of anilines is 1. The number of aromatic amines is 1. The van der Waals surface area contributed by atoms with E-state index in [0.717, 1.165) is 12.2 Å². The zero-order valence-electron chi connectivity index (χ0n) is 8.36. The van der Waals surface area contributed by atoms with Crippen molar-refractivity contribution in [2.24, 2.45) is 0 Å². The standard InChI is InChI=1S/C10H12N4O/c1-2-8-12-10(14-13-8)6-4-3-5-7(11)9(6)15/h3-5,15H,2,11H2,1H3,(H,12,13,14). The van der Waals surface area contributed by atoms with E-state index in [1.54, 1.807) is 18.2 Å². The van der Waals surface area contributed by atoms with Gasteiger partial charge >= 0.3 is 0 Å². The zero-order chi connectivity index (χ0) is 10.8. The van der Waals surface area contributed by atoms with Gasteiger partial charge in [0.25, 0.3) is 0 Å². The summed E-state index contributed by atoms with van der Waals surface area (Å²) in [4.78, 5) is 4.22. The summed E-state index contributed by atoms with van der Waals surface area (Å²) in [7, 11) is 0. The second-order valence-electron chi connectivity index (χ2n) is 3.20. The number of phenolic OH excluding ortho intramolecular Hbond substituents is 1. The molecular formula is C10H12N4O. The third-order valence-corrected chi connectivity index (χ3v) is 2.17. The molecule has 5 nitrogen and oxygen atoms in total. The number of nitrogens with two attached hydrogens (primary N) is 1. The molecule has 0 unspecified atom stereocenters. The lowest BCUT2D eigenvalue weighted by atomic mass is 10.1. The molecule has 5 heteroatoms. The number of aromatic hydroxyl groups is 1. The molecule has 0 aliphatic rings. The third-order valence-electron chi connectivity index (χ3n) is 2.17. The number of hydrogen-bond donors (Lipinski definition) is 3. The van der Waals surface area contributed by atoms with E-state index < -0.39 is 0 Å². The number of aromatic nitrogens is 3. The van der Waals surface area contributed by atoms with Gasteiger partial charge in [-0.1, -0.05) is 13.0 Å². The number of nitrogens with zero attached hydrogens (tertiary/aromatic N) is 2. The number of nitrogens with one attached hydrogen (secondary N) is 1. The predicted molar refractivity (Wildman–Crippen MR) is 57.3 cm³/mol. The molecule has 1 aromatic carbocycles. The lowest BCUT2D eigenvalue weighted by Gasteiger charge is -2.02. The van der Waals surface area contributed by atoms with Crippen molar-refractivity contribution in [2.75, 3.05) is 5.73 Å². The average molecular weight is 204 g/mol. The third kappa shape index (κ3) is 1.63. The first-order valence-corrected chi connectivity index (χ1v) is 4.71. The SMILES string of the molecule is CCc1nc(-c2cccc(N)c2O)n[nH]1. The van der Waals surface area contributed by atoms with Gasteiger partial charge in [0.1, 0.15) is 11.6 Å². The van der Waals surface area contributed by atoms with Gasteiger partial charge in [-0.15, -0.1) is 0 Å². The van der Waals surface area contributed by atoms with Gasteiger partial charge in [0.15, 0.2) is 5.82 Å². The second-order valence-corrected chi connectivity index (χ2v) is 3.20. The number of para-hydroxylation sites is 1. The lowest BCUT2D eigenvalue weighted by Crippen LogP contribution is -1.89. The Balaban J connectivity index is 2.49. The summed E-state index contributed by atoms with van der Waals surface area (Å²) in [6.45, 7) is 1.98. The predicted octanol–water partition coefficient (Wildman–Crippen LogP) is 1.32. The van der Waals surface area contributed by atoms with Crippen molar-refractivity contribution in [3.63, 3.8) is 0 Å². The molecule has 0 aliphatic heterocycles. The van der Waals surface area contributed by atoms with Gasteiger partial charge in [-0.25, -0.2) is 4.98 Å². The Morgan fingerprint density at radius 3 is 2.93 bits per heavy atom. The maximum Gasteiger partial charge on any atom is 0.184 e. The molecule has 0 fully saturated rings. The van der Waals surface area contributed by atoms with Crippen LogP contribution in [0.4, 0.5) is 5.69 Å². The number of aryl methyl sites for hydroxylation is 1. The largest absolute Gasteiger partial charge is 0.505 e. The van der Waals surface area contributed by atoms with Gasteiger partial charge in [-0.05, 0) is 12.1 Å². The van der Waals surface area contributed by atoms with E-state index in [1.807, 2.05) is 6.92 Å². The quantitative estimate of drug-likeness (QED) is 0.508. The van der Waals surface area contributed by atoms with E-state index in [1.165, 1.54) is 0 Å². The van der Waals surface area contributed by atoms with E-state index in [4.69, 9.17) is 5.73 Å². The lowest BCUT2D eigenvalue weighted by molar-refractivity contribution is 0.479. The Kier molecular flexibility index (Phi) is 2.29. The number of rotatable bonds is 2. The highest BCUT2D eigenvalue weighted by atomic mass is 16.3. The van der Waals surface area contributed by atoms with Crippen molar-refractivity contribution in [3.8, 4) is 17.1 Å². The van der Waals surface area contributed by atoms with E-state index >= 15 is 0 Å². The van der Waals surface area contributed by atoms with Crippen molar-refractivity contribution >= 4 is 5.69 Å². The molecule has 1 heterocycles. The Morgan fingerprint density at radius 1 is 1.47 bits per heavy atom. The molecule has 15 heavy (non-hydrogen) atoms. The summed E-state index contributed by atoms with van der Waals surface area (Å²) in [5.74, 6) is 1.28. The molecule has 0 atom stereocenters. The van der Waals surface area contributed by atoms with Gasteiger partial charge < -0.3 is 10.8 Å². The number of hydrogen-bond acceptors (Lipinski definition) is 4. The van der Waals surface area contributed by atoms with Crippen LogP contribution in [0, 0.1) is 0 Å². The summed E-state index contributed by atoms with van der Waals surface area (Å²) in [5.41, 5.74) is 6.46. The van der Waals surface area contributed by atoms with E-state index in [2.05, 4.69) is 15.2 Å². The Labute approximate surface area is 87.0 Å². The highest BCUT2D eigenvalue weighted by Crippen LogP contribution is 2.31. The average Bonchev–Trinajstić information content (AvgIpc) is 2.70. The molecule has 0 radical (unpaired) electrons. The van der Waals surface area contributed by atoms with Crippen LogP contribution in [-0.4, -0.2) is 20.3 Å². The van der Waals surface area contributed by atoms with Crippen molar-refractivity contribution in [1.29, 1.82) is 0 Å². The molecule has 78 valence electrons. The van der Waals surface area contributed by atoms with Gasteiger partial charge in [0, 0.05) is 6.42 Å². The minimum Gasteiger partial charge on any atom is -0.505 e. The second kappa shape index (κ2) is 3.61. The molecule has 0 spiro atoms. The monoisotopic (exact) mass is 204 g/mol. The number of H-pyrrole nitrogens is 1. The number of benzene rings is 1. The Hall–Kier alpha value is -2.04. The maximum absolute atomic E-state index is 9.71. The van der Waals surface area contributed by atoms with Gasteiger partial charge in [-0.2, -0.15) is 5.10 Å². The highest BCUT2D eigenvalue weighted by Gasteiger charge is 2.11. The fraction of sp³-hybridized carbons (Fsp3) is 0.200. The molecule has 0 aliphatic carbocycles. The van der Waals surface area contributed by atoms with E-state index in [9.17, 15) is 5.11 Å². The fourth-order valence-corrected chi connectivity index (χ4v) is 1.32. The number of phenols is 1. The van der Waals surface area contributed by atoms with Crippen LogP contribution in [0.1, 0.15) is 12.7 Å². The minimum atomic E-state index is 0.0270. The van der Waals surface area contributed by atoms with Crippen LogP contribution in [-0.2, 0) is 6.42 Å². The molecule has 4 N–H and O–H groups in total. The van der Waals surface area contributed by atoms with E-state index in [0.29, 0.717) is 17.1 Å². The molecule has 2 aromatic rings. The Bertz CT molecular complexity index is 478. The summed E-state index contributed by atoms with van der Waals surface area (Å²) < 4.78 is 0. The van der Waals surface area contributed by atoms with Gasteiger partial charge in [-0.3, -0.25) is 5.10 Å². The first-order valence-electron chi connectivity index (χ1n) is 4.71. The van der Waals surface area contributed by atoms with Crippen molar-refractivity contribution in [1.82, 2.24) is 15.2 Å². The van der Waals surface area contributed by atoms with Crippen LogP contribution in [0.2, 0.25) is 0 Å². The van der Waals surface area contributed by atoms with Crippen LogP contribution < -0.4 is 5.73 Å². The normalized spacial score (nSPS) is 10.5. The smallest absolute Gasteiger partial charge is 0.184 e. The summed E-state index contributed by atoms with van der Waals surface area (Å²) in [6.07, 6.45) is 0.774. The first kappa shape index (κ1) is 9.51. The summed E-state index contributed by atoms with van der Waals surface area (Å²) in [6, 6.07) is 5.12. The molecule has 2 rings (SSSR count). The molecule has 0 saturated carbocycles. The molecule has 0 saturated heterocycles. The van der Waals surface area contributed by atoms with Crippen molar-refractivity contribution in [3.05, 3.63) is 24.0 Å². The summed E-state index contributed by atoms with van der Waals surface area (Å²) >= 11 is 0. The van der Waals surface area contributed by atoms with Crippen LogP contribution in [0.15, 0.2) is 18.2 Å². The molecular weight excluding hydrogens is 192 g/mol. The van der Waals surface area contributed by atoms with Crippen LogP contribution in [0.3, 0.4) is 0 Å². The molecule has 0 bridgehead atoms.